The molecule has 0 radical (unpaired) electrons. The van der Waals surface area contributed by atoms with Crippen LogP contribution >= 0.6 is 15.9 Å². The lowest BCUT2D eigenvalue weighted by Gasteiger charge is -2.05. The third-order valence-corrected chi connectivity index (χ3v) is 1.90. The van der Waals surface area contributed by atoms with E-state index in [9.17, 15) is 4.79 Å². The van der Waals surface area contributed by atoms with Crippen LogP contribution in [0.5, 0.6) is 0 Å². The monoisotopic (exact) mass is 244 g/mol. The first-order valence-electron chi connectivity index (χ1n) is 3.53. The Hall–Kier alpha value is -1.30. The molecule has 5 N–H and O–H groups in total. The highest BCUT2D eigenvalue weighted by Crippen LogP contribution is 2.21. The number of carbonyl (C=O) groups excluding carboxylic acids is 1. The van der Waals surface area contributed by atoms with E-state index in [-0.39, 0.29) is 6.54 Å². The molecule has 0 fully saturated rings. The second kappa shape index (κ2) is 4.08. The Morgan fingerprint density at radius 3 is 2.92 bits per heavy atom. The first kappa shape index (κ1) is 9.79. The summed E-state index contributed by atoms with van der Waals surface area (Å²) in [5, 5.41) is 2.75. The molecule has 1 aromatic heterocycles. The van der Waals surface area contributed by atoms with Crippen LogP contribution in [-0.4, -0.2) is 17.4 Å². The molecule has 0 aromatic carbocycles. The van der Waals surface area contributed by atoms with Crippen LogP contribution in [0.4, 0.5) is 11.5 Å². The zero-order chi connectivity index (χ0) is 9.84. The molecule has 0 bridgehead atoms. The molecule has 0 atom stereocenters. The van der Waals surface area contributed by atoms with E-state index in [2.05, 4.69) is 26.2 Å². The predicted molar refractivity (Wildman–Crippen MR) is 54.0 cm³/mol. The average molecular weight is 245 g/mol. The lowest BCUT2D eigenvalue weighted by atomic mass is 10.4. The van der Waals surface area contributed by atoms with Gasteiger partial charge in [-0.1, -0.05) is 0 Å². The van der Waals surface area contributed by atoms with Gasteiger partial charge in [0.1, 0.15) is 5.82 Å². The first-order valence-corrected chi connectivity index (χ1v) is 4.32. The molecule has 0 aliphatic heterocycles. The van der Waals surface area contributed by atoms with Gasteiger partial charge in [0.2, 0.25) is 5.91 Å². The first-order chi connectivity index (χ1) is 6.09. The Kier molecular flexibility index (Phi) is 3.07. The van der Waals surface area contributed by atoms with Crippen LogP contribution in [0.2, 0.25) is 0 Å². The fourth-order valence-electron chi connectivity index (χ4n) is 0.754. The molecule has 13 heavy (non-hydrogen) atoms. The smallest absolute Gasteiger partial charge is 0.236 e. The van der Waals surface area contributed by atoms with E-state index >= 15 is 0 Å². The van der Waals surface area contributed by atoms with Gasteiger partial charge in [-0.05, 0) is 22.0 Å². The van der Waals surface area contributed by atoms with Gasteiger partial charge >= 0.3 is 0 Å². The normalized spacial score (nSPS) is 9.62. The van der Waals surface area contributed by atoms with Gasteiger partial charge in [0.15, 0.2) is 0 Å². The van der Waals surface area contributed by atoms with E-state index in [1.807, 2.05) is 0 Å². The number of amides is 1. The van der Waals surface area contributed by atoms with Crippen LogP contribution in [0.15, 0.2) is 16.7 Å². The zero-order valence-electron chi connectivity index (χ0n) is 6.75. The van der Waals surface area contributed by atoms with Crippen molar-refractivity contribution < 1.29 is 4.79 Å². The van der Waals surface area contributed by atoms with E-state index in [0.717, 1.165) is 0 Å². The number of nitrogens with one attached hydrogen (secondary N) is 1. The molecule has 70 valence electrons. The molecule has 0 spiro atoms. The van der Waals surface area contributed by atoms with Gasteiger partial charge in [0.05, 0.1) is 22.9 Å². The second-order valence-corrected chi connectivity index (χ2v) is 3.27. The van der Waals surface area contributed by atoms with Crippen LogP contribution in [0.1, 0.15) is 0 Å². The average Bonchev–Trinajstić information content (AvgIpc) is 2.02. The van der Waals surface area contributed by atoms with E-state index in [4.69, 9.17) is 11.5 Å². The molecule has 0 aliphatic carbocycles. The minimum Gasteiger partial charge on any atom is -0.397 e. The lowest BCUT2D eigenvalue weighted by Crippen LogP contribution is -2.22. The topological polar surface area (TPSA) is 94.0 Å². The number of pyridine rings is 1. The summed E-state index contributed by atoms with van der Waals surface area (Å²) in [5.74, 6) is 0.110. The third kappa shape index (κ3) is 2.90. The van der Waals surface area contributed by atoms with Gasteiger partial charge in [0, 0.05) is 0 Å². The number of hydrogen-bond acceptors (Lipinski definition) is 4. The number of nitrogens with zero attached hydrogens (tertiary/aromatic N) is 1. The number of hydrogen-bond donors (Lipinski definition) is 3. The maximum absolute atomic E-state index is 10.4. The van der Waals surface area contributed by atoms with Gasteiger partial charge < -0.3 is 16.8 Å². The Balaban J connectivity index is 2.72. The van der Waals surface area contributed by atoms with Crippen molar-refractivity contribution in [2.45, 2.75) is 0 Å². The van der Waals surface area contributed by atoms with E-state index in [1.165, 1.54) is 6.20 Å². The van der Waals surface area contributed by atoms with E-state index < -0.39 is 5.91 Å². The van der Waals surface area contributed by atoms with Crippen molar-refractivity contribution in [1.29, 1.82) is 0 Å². The third-order valence-electron chi connectivity index (χ3n) is 1.29. The van der Waals surface area contributed by atoms with Crippen molar-refractivity contribution in [2.24, 2.45) is 5.73 Å². The highest BCUT2D eigenvalue weighted by atomic mass is 79.9. The second-order valence-electron chi connectivity index (χ2n) is 2.42. The highest BCUT2D eigenvalue weighted by Gasteiger charge is 2.01. The van der Waals surface area contributed by atoms with Crippen LogP contribution in [-0.2, 0) is 4.79 Å². The lowest BCUT2D eigenvalue weighted by molar-refractivity contribution is -0.116. The van der Waals surface area contributed by atoms with Gasteiger partial charge in [-0.3, -0.25) is 4.79 Å². The molecule has 0 saturated carbocycles. The SMILES string of the molecule is NC(=O)CNc1ncc(N)cc1Br. The van der Waals surface area contributed by atoms with Crippen molar-refractivity contribution in [3.8, 4) is 0 Å². The number of carbonyl (C=O) groups is 1. The van der Waals surface area contributed by atoms with E-state index in [1.54, 1.807) is 6.07 Å². The summed E-state index contributed by atoms with van der Waals surface area (Å²) >= 11 is 3.24. The van der Waals surface area contributed by atoms with Crippen LogP contribution < -0.4 is 16.8 Å². The number of rotatable bonds is 3. The van der Waals surface area contributed by atoms with Gasteiger partial charge in [-0.2, -0.15) is 0 Å². The molecule has 1 aromatic rings. The van der Waals surface area contributed by atoms with Gasteiger partial charge in [-0.25, -0.2) is 4.98 Å². The molecule has 0 saturated heterocycles. The largest absolute Gasteiger partial charge is 0.397 e. The summed E-state index contributed by atoms with van der Waals surface area (Å²) in [6.07, 6.45) is 1.49. The highest BCUT2D eigenvalue weighted by molar-refractivity contribution is 9.10. The Labute approximate surface area is 83.6 Å². The summed E-state index contributed by atoms with van der Waals surface area (Å²) in [6, 6.07) is 1.69. The van der Waals surface area contributed by atoms with Crippen LogP contribution in [0.25, 0.3) is 0 Å². The Morgan fingerprint density at radius 1 is 1.69 bits per heavy atom. The van der Waals surface area contributed by atoms with Crippen molar-refractivity contribution in [1.82, 2.24) is 4.98 Å². The maximum Gasteiger partial charge on any atom is 0.236 e. The number of nitrogen functional groups attached to an aromatic ring is 1. The zero-order valence-corrected chi connectivity index (χ0v) is 8.34. The van der Waals surface area contributed by atoms with Crippen molar-refractivity contribution >= 4 is 33.3 Å². The molecule has 6 heteroatoms. The van der Waals surface area contributed by atoms with Gasteiger partial charge in [-0.15, -0.1) is 0 Å². The molecule has 1 amide bonds. The van der Waals surface area contributed by atoms with Gasteiger partial charge in [0.25, 0.3) is 0 Å². The Bertz CT molecular complexity index is 328. The molecular formula is C7H9BrN4O. The summed E-state index contributed by atoms with van der Waals surface area (Å²) in [4.78, 5) is 14.4. The minimum atomic E-state index is -0.439. The van der Waals surface area contributed by atoms with Crippen molar-refractivity contribution in [2.75, 3.05) is 17.6 Å². The number of aromatic nitrogens is 1. The fourth-order valence-corrected chi connectivity index (χ4v) is 1.26. The quantitative estimate of drug-likeness (QED) is 0.714. The fraction of sp³-hybridized carbons (Fsp3) is 0.143. The number of nitrogens with two attached hydrogens (primary N) is 2. The molecule has 0 aliphatic rings. The van der Waals surface area contributed by atoms with Crippen LogP contribution in [0.3, 0.4) is 0 Å². The van der Waals surface area contributed by atoms with E-state index in [0.29, 0.717) is 16.0 Å². The summed E-state index contributed by atoms with van der Waals surface area (Å²) in [7, 11) is 0. The molecule has 5 nitrogen and oxygen atoms in total. The number of anilines is 2. The number of primary amides is 1. The molecule has 1 rings (SSSR count). The summed E-state index contributed by atoms with van der Waals surface area (Å²) in [5.41, 5.74) is 11.0. The molecule has 1 heterocycles. The standard InChI is InChI=1S/C7H9BrN4O/c8-5-1-4(9)2-11-7(5)12-3-6(10)13/h1-2H,3,9H2,(H2,10,13)(H,11,12). The summed E-state index contributed by atoms with van der Waals surface area (Å²) in [6.45, 7) is 0.0511. The molecular weight excluding hydrogens is 236 g/mol. The van der Waals surface area contributed by atoms with Crippen molar-refractivity contribution in [3.63, 3.8) is 0 Å². The maximum atomic E-state index is 10.4. The Morgan fingerprint density at radius 2 is 2.38 bits per heavy atom. The van der Waals surface area contributed by atoms with Crippen molar-refractivity contribution in [3.05, 3.63) is 16.7 Å². The summed E-state index contributed by atoms with van der Waals surface area (Å²) < 4.78 is 0.703. The number of halogens is 1. The predicted octanol–water partition coefficient (Wildman–Crippen LogP) is 0.323. The minimum absolute atomic E-state index is 0.0511. The molecule has 0 unspecified atom stereocenters. The van der Waals surface area contributed by atoms with Crippen LogP contribution in [0, 0.1) is 0 Å².